The summed E-state index contributed by atoms with van der Waals surface area (Å²) in [5.74, 6) is 0. The lowest BCUT2D eigenvalue weighted by atomic mass is 10.0. The molecular formula is C19H17N. The number of rotatable bonds is 3. The van der Waals surface area contributed by atoms with Gasteiger partial charge in [0, 0.05) is 16.9 Å². The Morgan fingerprint density at radius 2 is 1.30 bits per heavy atom. The van der Waals surface area contributed by atoms with E-state index in [-0.39, 0.29) is 0 Å². The number of aryl methyl sites for hydroxylation is 1. The Labute approximate surface area is 119 Å². The lowest BCUT2D eigenvalue weighted by molar-refractivity contribution is 1.45. The third-order valence-electron chi connectivity index (χ3n) is 3.34. The molecule has 0 bridgehead atoms. The van der Waals surface area contributed by atoms with E-state index in [4.69, 9.17) is 0 Å². The fourth-order valence-electron chi connectivity index (χ4n) is 2.25. The normalized spacial score (nSPS) is 10.2. The van der Waals surface area contributed by atoms with E-state index in [9.17, 15) is 0 Å². The lowest BCUT2D eigenvalue weighted by Crippen LogP contribution is -1.93. The van der Waals surface area contributed by atoms with E-state index in [1.54, 1.807) is 0 Å². The molecule has 1 N–H and O–H groups in total. The van der Waals surface area contributed by atoms with Crippen molar-refractivity contribution in [2.75, 3.05) is 5.32 Å². The van der Waals surface area contributed by atoms with Gasteiger partial charge in [-0.2, -0.15) is 0 Å². The molecule has 0 spiro atoms. The molecule has 0 aliphatic heterocycles. The summed E-state index contributed by atoms with van der Waals surface area (Å²) in [6, 6.07) is 27.3. The molecule has 0 fully saturated rings. The SMILES string of the molecule is Cc1ccc(Nc2ccccc2-c2ccccc2)cc1. The zero-order valence-corrected chi connectivity index (χ0v) is 11.5. The van der Waals surface area contributed by atoms with E-state index in [2.05, 4.69) is 85.0 Å². The highest BCUT2D eigenvalue weighted by Crippen LogP contribution is 2.29. The van der Waals surface area contributed by atoms with Crippen LogP contribution >= 0.6 is 0 Å². The van der Waals surface area contributed by atoms with Crippen molar-refractivity contribution in [1.29, 1.82) is 0 Å². The summed E-state index contributed by atoms with van der Waals surface area (Å²) in [5, 5.41) is 3.50. The molecule has 20 heavy (non-hydrogen) atoms. The zero-order chi connectivity index (χ0) is 13.8. The first-order valence-corrected chi connectivity index (χ1v) is 6.81. The minimum absolute atomic E-state index is 1.11. The zero-order valence-electron chi connectivity index (χ0n) is 11.5. The molecule has 0 aliphatic carbocycles. The van der Waals surface area contributed by atoms with Crippen LogP contribution in [0.5, 0.6) is 0 Å². The molecule has 0 saturated heterocycles. The summed E-state index contributed by atoms with van der Waals surface area (Å²) in [6.07, 6.45) is 0. The standard InChI is InChI=1S/C19H17N/c1-15-11-13-17(14-12-15)20-19-10-6-5-9-18(19)16-7-3-2-4-8-16/h2-14,20H,1H3. The molecule has 0 aliphatic rings. The number of hydrogen-bond donors (Lipinski definition) is 1. The molecule has 1 heteroatoms. The van der Waals surface area contributed by atoms with E-state index in [0.717, 1.165) is 11.4 Å². The predicted molar refractivity (Wildman–Crippen MR) is 86.3 cm³/mol. The fourth-order valence-corrected chi connectivity index (χ4v) is 2.25. The van der Waals surface area contributed by atoms with Crippen molar-refractivity contribution >= 4 is 11.4 Å². The highest BCUT2D eigenvalue weighted by Gasteiger charge is 2.04. The van der Waals surface area contributed by atoms with Gasteiger partial charge in [-0.3, -0.25) is 0 Å². The van der Waals surface area contributed by atoms with Crippen molar-refractivity contribution in [3.8, 4) is 11.1 Å². The minimum Gasteiger partial charge on any atom is -0.355 e. The molecule has 3 rings (SSSR count). The highest BCUT2D eigenvalue weighted by atomic mass is 14.9. The van der Waals surface area contributed by atoms with E-state index in [1.807, 2.05) is 6.07 Å². The number of para-hydroxylation sites is 1. The first-order valence-electron chi connectivity index (χ1n) is 6.81. The van der Waals surface area contributed by atoms with Gasteiger partial charge in [-0.05, 0) is 30.7 Å². The van der Waals surface area contributed by atoms with Gasteiger partial charge in [0.05, 0.1) is 0 Å². The maximum Gasteiger partial charge on any atom is 0.0463 e. The van der Waals surface area contributed by atoms with Gasteiger partial charge in [-0.25, -0.2) is 0 Å². The maximum absolute atomic E-state index is 3.50. The summed E-state index contributed by atoms with van der Waals surface area (Å²) in [4.78, 5) is 0. The Morgan fingerprint density at radius 1 is 0.650 bits per heavy atom. The third kappa shape index (κ3) is 2.72. The predicted octanol–water partition coefficient (Wildman–Crippen LogP) is 5.41. The topological polar surface area (TPSA) is 12.0 Å². The molecule has 3 aromatic rings. The van der Waals surface area contributed by atoms with Crippen molar-refractivity contribution in [3.05, 3.63) is 84.4 Å². The summed E-state index contributed by atoms with van der Waals surface area (Å²) in [7, 11) is 0. The first-order chi connectivity index (χ1) is 9.83. The van der Waals surface area contributed by atoms with Gasteiger partial charge in [0.15, 0.2) is 0 Å². The van der Waals surface area contributed by atoms with Gasteiger partial charge < -0.3 is 5.32 Å². The van der Waals surface area contributed by atoms with Gasteiger partial charge >= 0.3 is 0 Å². The molecule has 0 aromatic heterocycles. The molecule has 0 unspecified atom stereocenters. The number of anilines is 2. The van der Waals surface area contributed by atoms with Crippen LogP contribution in [0.4, 0.5) is 11.4 Å². The van der Waals surface area contributed by atoms with Gasteiger partial charge in [0.2, 0.25) is 0 Å². The van der Waals surface area contributed by atoms with Gasteiger partial charge in [0.1, 0.15) is 0 Å². The minimum atomic E-state index is 1.11. The quantitative estimate of drug-likeness (QED) is 0.663. The molecule has 0 atom stereocenters. The van der Waals surface area contributed by atoms with E-state index >= 15 is 0 Å². The summed E-state index contributed by atoms with van der Waals surface area (Å²) in [6.45, 7) is 2.10. The Bertz CT molecular complexity index is 684. The van der Waals surface area contributed by atoms with Crippen LogP contribution in [-0.4, -0.2) is 0 Å². The van der Waals surface area contributed by atoms with Crippen LogP contribution in [0.1, 0.15) is 5.56 Å². The molecule has 0 heterocycles. The van der Waals surface area contributed by atoms with Crippen molar-refractivity contribution < 1.29 is 0 Å². The fraction of sp³-hybridized carbons (Fsp3) is 0.0526. The van der Waals surface area contributed by atoms with E-state index in [1.165, 1.54) is 16.7 Å². The van der Waals surface area contributed by atoms with Crippen LogP contribution in [0.25, 0.3) is 11.1 Å². The molecular weight excluding hydrogens is 242 g/mol. The third-order valence-corrected chi connectivity index (χ3v) is 3.34. The molecule has 0 saturated carbocycles. The lowest BCUT2D eigenvalue weighted by Gasteiger charge is -2.12. The summed E-state index contributed by atoms with van der Waals surface area (Å²) >= 11 is 0. The van der Waals surface area contributed by atoms with Gasteiger partial charge in [-0.15, -0.1) is 0 Å². The Kier molecular flexibility index (Phi) is 3.51. The Hall–Kier alpha value is -2.54. The monoisotopic (exact) mass is 259 g/mol. The van der Waals surface area contributed by atoms with Crippen LogP contribution in [-0.2, 0) is 0 Å². The van der Waals surface area contributed by atoms with E-state index < -0.39 is 0 Å². The van der Waals surface area contributed by atoms with Crippen LogP contribution in [0.2, 0.25) is 0 Å². The second-order valence-electron chi connectivity index (χ2n) is 4.90. The van der Waals surface area contributed by atoms with Gasteiger partial charge in [0.25, 0.3) is 0 Å². The largest absolute Gasteiger partial charge is 0.355 e. The van der Waals surface area contributed by atoms with Gasteiger partial charge in [-0.1, -0.05) is 66.2 Å². The summed E-state index contributed by atoms with van der Waals surface area (Å²) < 4.78 is 0. The Morgan fingerprint density at radius 3 is 2.05 bits per heavy atom. The number of nitrogens with one attached hydrogen (secondary N) is 1. The molecule has 0 amide bonds. The van der Waals surface area contributed by atoms with Crippen molar-refractivity contribution in [2.24, 2.45) is 0 Å². The van der Waals surface area contributed by atoms with Crippen LogP contribution in [0.3, 0.4) is 0 Å². The van der Waals surface area contributed by atoms with Crippen LogP contribution < -0.4 is 5.32 Å². The second-order valence-corrected chi connectivity index (χ2v) is 4.90. The van der Waals surface area contributed by atoms with Crippen molar-refractivity contribution in [2.45, 2.75) is 6.92 Å². The van der Waals surface area contributed by atoms with Crippen molar-refractivity contribution in [3.63, 3.8) is 0 Å². The first kappa shape index (κ1) is 12.5. The van der Waals surface area contributed by atoms with Crippen molar-refractivity contribution in [1.82, 2.24) is 0 Å². The number of benzene rings is 3. The maximum atomic E-state index is 3.50. The molecule has 0 radical (unpaired) electrons. The Balaban J connectivity index is 1.96. The molecule has 1 nitrogen and oxygen atoms in total. The van der Waals surface area contributed by atoms with Crippen LogP contribution in [0.15, 0.2) is 78.9 Å². The average molecular weight is 259 g/mol. The molecule has 98 valence electrons. The average Bonchev–Trinajstić information content (AvgIpc) is 2.51. The van der Waals surface area contributed by atoms with E-state index in [0.29, 0.717) is 0 Å². The second kappa shape index (κ2) is 5.62. The summed E-state index contributed by atoms with van der Waals surface area (Å²) in [5.41, 5.74) is 5.95. The smallest absolute Gasteiger partial charge is 0.0463 e. The highest BCUT2D eigenvalue weighted by molar-refractivity contribution is 5.80. The van der Waals surface area contributed by atoms with Crippen LogP contribution in [0, 0.1) is 6.92 Å². The number of hydrogen-bond acceptors (Lipinski definition) is 1. The molecule has 3 aromatic carbocycles.